The molecule has 7 nitrogen and oxygen atoms in total. The lowest BCUT2D eigenvalue weighted by Gasteiger charge is -2.11. The number of carbonyl (C=O) groups is 1. The number of carbonyl (C=O) groups excluding carboxylic acids is 1. The standard InChI is InChI=1S/C23H15Br2N3O4/c24-18-3-6-20(7-4-18)27-23(29)17(13-26)11-16-12-19(25)5-10-22(16)32-14-15-1-8-21(9-2-15)28(30)31/h1-12H,14H2,(H,27,29)/b17-11+. The molecule has 0 heterocycles. The van der Waals surface area contributed by atoms with Crippen molar-refractivity contribution in [2.75, 3.05) is 5.32 Å². The smallest absolute Gasteiger partial charge is 0.269 e. The Labute approximate surface area is 200 Å². The van der Waals surface area contributed by atoms with Crippen LogP contribution in [0.2, 0.25) is 0 Å². The van der Waals surface area contributed by atoms with E-state index in [1.54, 1.807) is 54.6 Å². The monoisotopic (exact) mass is 555 g/mol. The molecule has 0 fully saturated rings. The quantitative estimate of drug-likeness (QED) is 0.160. The number of halogens is 2. The molecule has 0 unspecified atom stereocenters. The molecule has 0 radical (unpaired) electrons. The summed E-state index contributed by atoms with van der Waals surface area (Å²) in [4.78, 5) is 22.9. The minimum Gasteiger partial charge on any atom is -0.488 e. The van der Waals surface area contributed by atoms with Crippen LogP contribution < -0.4 is 10.1 Å². The molecule has 1 amide bonds. The van der Waals surface area contributed by atoms with Crippen LogP contribution >= 0.6 is 31.9 Å². The number of nitro benzene ring substituents is 1. The van der Waals surface area contributed by atoms with E-state index in [4.69, 9.17) is 4.74 Å². The zero-order valence-corrected chi connectivity index (χ0v) is 19.6. The van der Waals surface area contributed by atoms with Crippen molar-refractivity contribution in [2.45, 2.75) is 6.61 Å². The van der Waals surface area contributed by atoms with Crippen molar-refractivity contribution in [3.05, 3.63) is 102 Å². The van der Waals surface area contributed by atoms with Crippen molar-refractivity contribution in [3.8, 4) is 11.8 Å². The van der Waals surface area contributed by atoms with Crippen molar-refractivity contribution >= 4 is 55.2 Å². The number of hydrogen-bond donors (Lipinski definition) is 1. The molecule has 3 aromatic rings. The predicted octanol–water partition coefficient (Wildman–Crippen LogP) is 6.24. The van der Waals surface area contributed by atoms with Crippen molar-refractivity contribution in [1.82, 2.24) is 0 Å². The summed E-state index contributed by atoms with van der Waals surface area (Å²) >= 11 is 6.72. The highest BCUT2D eigenvalue weighted by molar-refractivity contribution is 9.10. The van der Waals surface area contributed by atoms with E-state index >= 15 is 0 Å². The molecule has 0 aliphatic carbocycles. The van der Waals surface area contributed by atoms with Crippen LogP contribution in [0.15, 0.2) is 81.2 Å². The largest absolute Gasteiger partial charge is 0.488 e. The minimum atomic E-state index is -0.545. The molecule has 0 aromatic heterocycles. The third-order valence-corrected chi connectivity index (χ3v) is 5.30. The van der Waals surface area contributed by atoms with E-state index in [1.807, 2.05) is 6.07 Å². The van der Waals surface area contributed by atoms with Crippen molar-refractivity contribution < 1.29 is 14.5 Å². The first kappa shape index (κ1) is 23.2. The summed E-state index contributed by atoms with van der Waals surface area (Å²) in [5.41, 5.74) is 1.73. The zero-order chi connectivity index (χ0) is 23.1. The Morgan fingerprint density at radius 3 is 2.34 bits per heavy atom. The topological polar surface area (TPSA) is 105 Å². The lowest BCUT2D eigenvalue weighted by atomic mass is 10.1. The maximum absolute atomic E-state index is 12.6. The van der Waals surface area contributed by atoms with Gasteiger partial charge in [0.25, 0.3) is 11.6 Å². The van der Waals surface area contributed by atoms with Crippen LogP contribution in [0.3, 0.4) is 0 Å². The molecular weight excluding hydrogens is 542 g/mol. The van der Waals surface area contributed by atoms with Gasteiger partial charge in [0.05, 0.1) is 4.92 Å². The number of anilines is 1. The van der Waals surface area contributed by atoms with E-state index in [9.17, 15) is 20.2 Å². The summed E-state index contributed by atoms with van der Waals surface area (Å²) in [6, 6.07) is 20.2. The van der Waals surface area contributed by atoms with Crippen LogP contribution in [0.4, 0.5) is 11.4 Å². The lowest BCUT2D eigenvalue weighted by Crippen LogP contribution is -2.13. The van der Waals surface area contributed by atoms with Gasteiger partial charge in [0, 0.05) is 32.3 Å². The molecule has 0 aliphatic heterocycles. The highest BCUT2D eigenvalue weighted by Crippen LogP contribution is 2.27. The maximum Gasteiger partial charge on any atom is 0.269 e. The molecule has 160 valence electrons. The van der Waals surface area contributed by atoms with E-state index in [-0.39, 0.29) is 17.9 Å². The highest BCUT2D eigenvalue weighted by Gasteiger charge is 2.12. The first-order chi connectivity index (χ1) is 15.4. The summed E-state index contributed by atoms with van der Waals surface area (Å²) in [5.74, 6) is -0.0909. The number of amides is 1. The summed E-state index contributed by atoms with van der Waals surface area (Å²) in [6.07, 6.45) is 1.45. The van der Waals surface area contributed by atoms with E-state index in [0.717, 1.165) is 14.5 Å². The van der Waals surface area contributed by atoms with E-state index in [0.29, 0.717) is 17.0 Å². The third-order valence-electron chi connectivity index (χ3n) is 4.28. The first-order valence-corrected chi connectivity index (χ1v) is 10.8. The summed E-state index contributed by atoms with van der Waals surface area (Å²) in [5, 5.41) is 23.0. The summed E-state index contributed by atoms with van der Waals surface area (Å²) in [6.45, 7) is 0.160. The van der Waals surface area contributed by atoms with Gasteiger partial charge in [-0.2, -0.15) is 5.26 Å². The Morgan fingerprint density at radius 1 is 1.06 bits per heavy atom. The Bertz CT molecular complexity index is 1220. The van der Waals surface area contributed by atoms with E-state index in [2.05, 4.69) is 37.2 Å². The molecule has 3 aromatic carbocycles. The Morgan fingerprint density at radius 2 is 1.72 bits per heavy atom. The molecule has 0 aliphatic rings. The number of nitriles is 1. The van der Waals surface area contributed by atoms with Crippen LogP contribution in [0, 0.1) is 21.4 Å². The fourth-order valence-corrected chi connectivity index (χ4v) is 3.32. The van der Waals surface area contributed by atoms with Gasteiger partial charge in [-0.3, -0.25) is 14.9 Å². The second-order valence-corrected chi connectivity index (χ2v) is 8.36. The molecule has 0 saturated carbocycles. The zero-order valence-electron chi connectivity index (χ0n) is 16.4. The highest BCUT2D eigenvalue weighted by atomic mass is 79.9. The number of benzene rings is 3. The second-order valence-electron chi connectivity index (χ2n) is 6.53. The lowest BCUT2D eigenvalue weighted by molar-refractivity contribution is -0.384. The number of non-ortho nitro benzene ring substituents is 1. The number of rotatable bonds is 7. The fourth-order valence-electron chi connectivity index (χ4n) is 2.67. The first-order valence-electron chi connectivity index (χ1n) is 9.20. The van der Waals surface area contributed by atoms with E-state index < -0.39 is 10.8 Å². The molecule has 0 atom stereocenters. The Hall–Kier alpha value is -3.48. The molecule has 1 N–H and O–H groups in total. The van der Waals surface area contributed by atoms with Crippen molar-refractivity contribution in [1.29, 1.82) is 5.26 Å². The maximum atomic E-state index is 12.6. The van der Waals surface area contributed by atoms with Crippen LogP contribution in [-0.4, -0.2) is 10.8 Å². The summed E-state index contributed by atoms with van der Waals surface area (Å²) in [7, 11) is 0. The van der Waals surface area contributed by atoms with Gasteiger partial charge in [-0.1, -0.05) is 31.9 Å². The molecule has 32 heavy (non-hydrogen) atoms. The third kappa shape index (κ3) is 6.26. The number of ether oxygens (including phenoxy) is 1. The molecule has 9 heteroatoms. The van der Waals surface area contributed by atoms with Crippen molar-refractivity contribution in [3.63, 3.8) is 0 Å². The Balaban J connectivity index is 1.79. The Kier molecular flexibility index (Phi) is 7.76. The van der Waals surface area contributed by atoms with Crippen LogP contribution in [-0.2, 0) is 11.4 Å². The van der Waals surface area contributed by atoms with Crippen LogP contribution in [0.1, 0.15) is 11.1 Å². The van der Waals surface area contributed by atoms with Gasteiger partial charge < -0.3 is 10.1 Å². The van der Waals surface area contributed by atoms with Gasteiger partial charge in [0.15, 0.2) is 0 Å². The molecule has 0 bridgehead atoms. The fraction of sp³-hybridized carbons (Fsp3) is 0.0435. The van der Waals surface area contributed by atoms with Gasteiger partial charge in [0.1, 0.15) is 24.0 Å². The number of nitrogens with zero attached hydrogens (tertiary/aromatic N) is 2. The minimum absolute atomic E-state index is 0.00328. The van der Waals surface area contributed by atoms with Gasteiger partial charge in [-0.25, -0.2) is 0 Å². The van der Waals surface area contributed by atoms with Gasteiger partial charge in [0.2, 0.25) is 0 Å². The number of nitro groups is 1. The van der Waals surface area contributed by atoms with Crippen molar-refractivity contribution in [2.24, 2.45) is 0 Å². The average molecular weight is 557 g/mol. The summed E-state index contributed by atoms with van der Waals surface area (Å²) < 4.78 is 7.47. The molecule has 0 saturated heterocycles. The van der Waals surface area contributed by atoms with Crippen LogP contribution in [0.5, 0.6) is 5.75 Å². The SMILES string of the molecule is N#C/C(=C\c1cc(Br)ccc1OCc1ccc([N+](=O)[O-])cc1)C(=O)Nc1ccc(Br)cc1. The number of nitrogens with one attached hydrogen (secondary N) is 1. The molecule has 3 rings (SSSR count). The van der Waals surface area contributed by atoms with Crippen LogP contribution in [0.25, 0.3) is 6.08 Å². The molecule has 0 spiro atoms. The van der Waals surface area contributed by atoms with Gasteiger partial charge in [-0.05, 0) is 66.2 Å². The van der Waals surface area contributed by atoms with Gasteiger partial charge in [-0.15, -0.1) is 0 Å². The molecular formula is C23H15Br2N3O4. The van der Waals surface area contributed by atoms with Gasteiger partial charge >= 0.3 is 0 Å². The normalized spacial score (nSPS) is 10.8. The number of hydrogen-bond acceptors (Lipinski definition) is 5. The van der Waals surface area contributed by atoms with E-state index in [1.165, 1.54) is 18.2 Å². The second kappa shape index (κ2) is 10.7. The predicted molar refractivity (Wildman–Crippen MR) is 128 cm³/mol. The average Bonchev–Trinajstić information content (AvgIpc) is 2.78.